The molecule has 0 fully saturated rings. The summed E-state index contributed by atoms with van der Waals surface area (Å²) in [6.07, 6.45) is 3.00. The highest BCUT2D eigenvalue weighted by Crippen LogP contribution is 2.16. The van der Waals surface area contributed by atoms with Crippen LogP contribution in [0.2, 0.25) is 5.02 Å². The van der Waals surface area contributed by atoms with Crippen LogP contribution in [0.5, 0.6) is 0 Å². The highest BCUT2D eigenvalue weighted by atomic mass is 35.5. The standard InChI is InChI=1S/C11H11ClO2/c1-2-14-11(13)8-7-9-5-3-4-6-10(9)12/h3-8H,2H2,1H3. The fourth-order valence-corrected chi connectivity index (χ4v) is 1.16. The molecule has 1 aromatic rings. The molecule has 2 nitrogen and oxygen atoms in total. The highest BCUT2D eigenvalue weighted by Gasteiger charge is 1.96. The summed E-state index contributed by atoms with van der Waals surface area (Å²) in [5, 5.41) is 0.619. The zero-order valence-electron chi connectivity index (χ0n) is 7.87. The number of esters is 1. The summed E-state index contributed by atoms with van der Waals surface area (Å²) < 4.78 is 4.73. The van der Waals surface area contributed by atoms with Gasteiger partial charge in [-0.1, -0.05) is 29.8 Å². The molecule has 14 heavy (non-hydrogen) atoms. The average molecular weight is 211 g/mol. The normalized spacial score (nSPS) is 10.4. The lowest BCUT2D eigenvalue weighted by Gasteiger charge is -1.97. The van der Waals surface area contributed by atoms with Crippen molar-refractivity contribution >= 4 is 23.6 Å². The quantitative estimate of drug-likeness (QED) is 0.567. The van der Waals surface area contributed by atoms with Gasteiger partial charge in [-0.15, -0.1) is 0 Å². The third-order valence-electron chi connectivity index (χ3n) is 1.59. The van der Waals surface area contributed by atoms with Crippen molar-refractivity contribution in [2.45, 2.75) is 6.92 Å². The topological polar surface area (TPSA) is 26.3 Å². The molecule has 1 aromatic carbocycles. The monoisotopic (exact) mass is 210 g/mol. The zero-order valence-corrected chi connectivity index (χ0v) is 8.62. The molecule has 0 aromatic heterocycles. The van der Waals surface area contributed by atoms with Crippen molar-refractivity contribution in [1.82, 2.24) is 0 Å². The summed E-state index contributed by atoms with van der Waals surface area (Å²) in [6, 6.07) is 7.30. The number of benzene rings is 1. The van der Waals surface area contributed by atoms with E-state index in [4.69, 9.17) is 16.3 Å². The lowest BCUT2D eigenvalue weighted by molar-refractivity contribution is -0.137. The second kappa shape index (κ2) is 5.45. The van der Waals surface area contributed by atoms with Crippen molar-refractivity contribution in [2.75, 3.05) is 6.61 Å². The third-order valence-corrected chi connectivity index (χ3v) is 1.93. The SMILES string of the molecule is CCOC(=O)C=Cc1ccccc1Cl. The predicted molar refractivity (Wildman–Crippen MR) is 57.1 cm³/mol. The fourth-order valence-electron chi connectivity index (χ4n) is 0.958. The number of hydrogen-bond donors (Lipinski definition) is 0. The maximum Gasteiger partial charge on any atom is 0.330 e. The van der Waals surface area contributed by atoms with Crippen molar-refractivity contribution < 1.29 is 9.53 Å². The van der Waals surface area contributed by atoms with E-state index in [1.165, 1.54) is 6.08 Å². The Kier molecular flexibility index (Phi) is 4.20. The van der Waals surface area contributed by atoms with Crippen LogP contribution in [0.25, 0.3) is 6.08 Å². The van der Waals surface area contributed by atoms with Crippen LogP contribution in [0.1, 0.15) is 12.5 Å². The summed E-state index contributed by atoms with van der Waals surface area (Å²) in [6.45, 7) is 2.15. The molecule has 0 radical (unpaired) electrons. The van der Waals surface area contributed by atoms with Gasteiger partial charge >= 0.3 is 5.97 Å². The first-order chi connectivity index (χ1) is 6.74. The van der Waals surface area contributed by atoms with Crippen LogP contribution in [0.4, 0.5) is 0 Å². The third kappa shape index (κ3) is 3.23. The summed E-state index contributed by atoms with van der Waals surface area (Å²) in [4.78, 5) is 11.0. The van der Waals surface area contributed by atoms with Crippen molar-refractivity contribution in [3.05, 3.63) is 40.9 Å². The second-order valence-electron chi connectivity index (χ2n) is 2.61. The van der Waals surface area contributed by atoms with Crippen LogP contribution >= 0.6 is 11.6 Å². The molecule has 3 heteroatoms. The highest BCUT2D eigenvalue weighted by molar-refractivity contribution is 6.32. The Bertz CT molecular complexity index is 345. The molecule has 0 aliphatic rings. The number of rotatable bonds is 3. The molecule has 0 heterocycles. The van der Waals surface area contributed by atoms with Gasteiger partial charge in [-0.3, -0.25) is 0 Å². The fraction of sp³-hybridized carbons (Fsp3) is 0.182. The number of carbonyl (C=O) groups excluding carboxylic acids is 1. The molecule has 0 bridgehead atoms. The summed E-state index contributed by atoms with van der Waals surface area (Å²) in [7, 11) is 0. The first-order valence-electron chi connectivity index (χ1n) is 4.33. The van der Waals surface area contributed by atoms with E-state index in [2.05, 4.69) is 0 Å². The Hall–Kier alpha value is -1.28. The van der Waals surface area contributed by atoms with E-state index < -0.39 is 0 Å². The Balaban J connectivity index is 2.69. The van der Waals surface area contributed by atoms with E-state index >= 15 is 0 Å². The molecule has 74 valence electrons. The maximum atomic E-state index is 11.0. The van der Waals surface area contributed by atoms with Gasteiger partial charge < -0.3 is 4.74 Å². The zero-order chi connectivity index (χ0) is 10.4. The van der Waals surface area contributed by atoms with Crippen LogP contribution in [-0.4, -0.2) is 12.6 Å². The molecule has 0 atom stereocenters. The van der Waals surface area contributed by atoms with Gasteiger partial charge in [0.1, 0.15) is 0 Å². The number of hydrogen-bond acceptors (Lipinski definition) is 2. The van der Waals surface area contributed by atoms with Crippen molar-refractivity contribution in [3.63, 3.8) is 0 Å². The minimum absolute atomic E-state index is 0.354. The van der Waals surface area contributed by atoms with Gasteiger partial charge in [0.05, 0.1) is 6.61 Å². The van der Waals surface area contributed by atoms with Gasteiger partial charge in [-0.25, -0.2) is 4.79 Å². The Morgan fingerprint density at radius 3 is 2.86 bits per heavy atom. The second-order valence-corrected chi connectivity index (χ2v) is 3.01. The van der Waals surface area contributed by atoms with Crippen LogP contribution in [-0.2, 0) is 9.53 Å². The number of carbonyl (C=O) groups is 1. The van der Waals surface area contributed by atoms with Crippen LogP contribution in [0.3, 0.4) is 0 Å². The van der Waals surface area contributed by atoms with E-state index in [0.29, 0.717) is 11.6 Å². The lowest BCUT2D eigenvalue weighted by atomic mass is 10.2. The van der Waals surface area contributed by atoms with Gasteiger partial charge in [0.15, 0.2) is 0 Å². The van der Waals surface area contributed by atoms with Gasteiger partial charge in [0.25, 0.3) is 0 Å². The minimum atomic E-state index is -0.354. The molecule has 1 rings (SSSR count). The predicted octanol–water partition coefficient (Wildman–Crippen LogP) is 2.92. The molecule has 0 saturated carbocycles. The molecule has 0 aliphatic carbocycles. The minimum Gasteiger partial charge on any atom is -0.463 e. The Morgan fingerprint density at radius 1 is 1.50 bits per heavy atom. The van der Waals surface area contributed by atoms with Crippen LogP contribution < -0.4 is 0 Å². The number of halogens is 1. The molecule has 0 unspecified atom stereocenters. The van der Waals surface area contributed by atoms with Crippen molar-refractivity contribution in [1.29, 1.82) is 0 Å². The van der Waals surface area contributed by atoms with Crippen molar-refractivity contribution in [3.8, 4) is 0 Å². The maximum absolute atomic E-state index is 11.0. The van der Waals surface area contributed by atoms with E-state index in [0.717, 1.165) is 5.56 Å². The van der Waals surface area contributed by atoms with Crippen LogP contribution in [0, 0.1) is 0 Å². The average Bonchev–Trinajstić information content (AvgIpc) is 2.17. The summed E-state index contributed by atoms with van der Waals surface area (Å²) in [5.74, 6) is -0.354. The molecule has 0 aliphatic heterocycles. The van der Waals surface area contributed by atoms with E-state index in [1.54, 1.807) is 19.1 Å². The molecule has 0 spiro atoms. The molecule has 0 saturated heterocycles. The Morgan fingerprint density at radius 2 is 2.21 bits per heavy atom. The summed E-state index contributed by atoms with van der Waals surface area (Å²) >= 11 is 5.88. The molecule has 0 N–H and O–H groups in total. The largest absolute Gasteiger partial charge is 0.463 e. The van der Waals surface area contributed by atoms with E-state index in [-0.39, 0.29) is 5.97 Å². The van der Waals surface area contributed by atoms with Crippen molar-refractivity contribution in [2.24, 2.45) is 0 Å². The smallest absolute Gasteiger partial charge is 0.330 e. The Labute approximate surface area is 88.1 Å². The molecular weight excluding hydrogens is 200 g/mol. The van der Waals surface area contributed by atoms with Crippen LogP contribution in [0.15, 0.2) is 30.3 Å². The van der Waals surface area contributed by atoms with Gasteiger partial charge in [0, 0.05) is 11.1 Å². The molecular formula is C11H11ClO2. The first kappa shape index (κ1) is 10.8. The van der Waals surface area contributed by atoms with Gasteiger partial charge in [0.2, 0.25) is 0 Å². The van der Waals surface area contributed by atoms with E-state index in [9.17, 15) is 4.79 Å². The first-order valence-corrected chi connectivity index (χ1v) is 4.71. The van der Waals surface area contributed by atoms with Gasteiger partial charge in [-0.2, -0.15) is 0 Å². The summed E-state index contributed by atoms with van der Waals surface area (Å²) in [5.41, 5.74) is 0.808. The molecule has 0 amide bonds. The number of ether oxygens (including phenoxy) is 1. The lowest BCUT2D eigenvalue weighted by Crippen LogP contribution is -1.98. The van der Waals surface area contributed by atoms with E-state index in [1.807, 2.05) is 18.2 Å². The van der Waals surface area contributed by atoms with Gasteiger partial charge in [-0.05, 0) is 24.6 Å².